The number of hydrogen-bond acceptors (Lipinski definition) is 4. The quantitative estimate of drug-likeness (QED) is 0.868. The van der Waals surface area contributed by atoms with E-state index in [2.05, 4.69) is 10.3 Å². The largest absolute Gasteiger partial charge is 0.379 e. The summed E-state index contributed by atoms with van der Waals surface area (Å²) in [5.74, 6) is 0. The van der Waals surface area contributed by atoms with Gasteiger partial charge in [-0.3, -0.25) is 4.90 Å². The third kappa shape index (κ3) is 3.34. The molecule has 0 aliphatic carbocycles. The van der Waals surface area contributed by atoms with Gasteiger partial charge in [0, 0.05) is 29.1 Å². The Bertz CT molecular complexity index is 535. The molecule has 100 valence electrons. The summed E-state index contributed by atoms with van der Waals surface area (Å²) >= 11 is 7.61. The van der Waals surface area contributed by atoms with Crippen molar-refractivity contribution in [1.29, 1.82) is 0 Å². The van der Waals surface area contributed by atoms with E-state index in [0.29, 0.717) is 0 Å². The summed E-state index contributed by atoms with van der Waals surface area (Å²) in [5.41, 5.74) is 2.15. The van der Waals surface area contributed by atoms with Gasteiger partial charge in [-0.2, -0.15) is 0 Å². The topological polar surface area (TPSA) is 25.4 Å². The van der Waals surface area contributed by atoms with Crippen molar-refractivity contribution >= 4 is 22.9 Å². The van der Waals surface area contributed by atoms with E-state index in [4.69, 9.17) is 21.3 Å². The maximum absolute atomic E-state index is 5.90. The predicted molar refractivity (Wildman–Crippen MR) is 78.7 cm³/mol. The van der Waals surface area contributed by atoms with Crippen LogP contribution in [0.4, 0.5) is 0 Å². The zero-order valence-electron chi connectivity index (χ0n) is 10.5. The minimum atomic E-state index is 0.757. The molecule has 1 aliphatic rings. The van der Waals surface area contributed by atoms with Gasteiger partial charge >= 0.3 is 0 Å². The summed E-state index contributed by atoms with van der Waals surface area (Å²) in [6, 6.07) is 7.82. The Balaban J connectivity index is 1.70. The Morgan fingerprint density at radius 3 is 2.68 bits per heavy atom. The van der Waals surface area contributed by atoms with E-state index in [9.17, 15) is 0 Å². The molecular weight excluding hydrogens is 280 g/mol. The number of rotatable bonds is 3. The molecule has 2 heterocycles. The number of morpholine rings is 1. The molecule has 3 nitrogen and oxygen atoms in total. The van der Waals surface area contributed by atoms with Gasteiger partial charge in [0.2, 0.25) is 0 Å². The lowest BCUT2D eigenvalue weighted by molar-refractivity contribution is 0.0342. The number of aromatic nitrogens is 1. The van der Waals surface area contributed by atoms with Crippen LogP contribution in [0.15, 0.2) is 29.6 Å². The number of hydrogen-bond donors (Lipinski definition) is 0. The van der Waals surface area contributed by atoms with E-state index in [-0.39, 0.29) is 0 Å². The molecule has 0 bridgehead atoms. The summed E-state index contributed by atoms with van der Waals surface area (Å²) in [7, 11) is 0. The van der Waals surface area contributed by atoms with Crippen molar-refractivity contribution in [2.75, 3.05) is 26.3 Å². The summed E-state index contributed by atoms with van der Waals surface area (Å²) < 4.78 is 5.35. The standard InChI is InChI=1S/C14H15ClN2OS/c15-12-3-1-11(2-4-12)13-10-19-14(16-13)9-17-5-7-18-8-6-17/h1-4,10H,5-9H2. The van der Waals surface area contributed by atoms with Gasteiger partial charge in [0.05, 0.1) is 25.5 Å². The second-order valence-corrected chi connectivity index (χ2v) is 5.90. The van der Waals surface area contributed by atoms with Crippen LogP contribution < -0.4 is 0 Å². The van der Waals surface area contributed by atoms with Crippen LogP contribution in [0.3, 0.4) is 0 Å². The van der Waals surface area contributed by atoms with E-state index >= 15 is 0 Å². The summed E-state index contributed by atoms with van der Waals surface area (Å²) in [6.07, 6.45) is 0. The molecule has 1 fully saturated rings. The zero-order chi connectivity index (χ0) is 13.1. The lowest BCUT2D eigenvalue weighted by Crippen LogP contribution is -2.35. The Hall–Kier alpha value is -0.940. The van der Waals surface area contributed by atoms with Crippen LogP contribution >= 0.6 is 22.9 Å². The van der Waals surface area contributed by atoms with Crippen molar-refractivity contribution in [3.05, 3.63) is 39.7 Å². The van der Waals surface area contributed by atoms with Crippen LogP contribution in [-0.4, -0.2) is 36.2 Å². The first-order chi connectivity index (χ1) is 9.31. The van der Waals surface area contributed by atoms with Gasteiger partial charge in [0.15, 0.2) is 0 Å². The lowest BCUT2D eigenvalue weighted by Gasteiger charge is -2.25. The second-order valence-electron chi connectivity index (χ2n) is 4.52. The Labute approximate surface area is 121 Å². The maximum atomic E-state index is 5.90. The van der Waals surface area contributed by atoms with Gasteiger partial charge in [0.1, 0.15) is 5.01 Å². The molecular formula is C14H15ClN2OS. The van der Waals surface area contributed by atoms with Crippen LogP contribution in [0.25, 0.3) is 11.3 Å². The zero-order valence-corrected chi connectivity index (χ0v) is 12.1. The van der Waals surface area contributed by atoms with Crippen LogP contribution in [0, 0.1) is 0 Å². The Morgan fingerprint density at radius 2 is 1.95 bits per heavy atom. The third-order valence-corrected chi connectivity index (χ3v) is 4.24. The van der Waals surface area contributed by atoms with Crippen molar-refractivity contribution in [3.8, 4) is 11.3 Å². The first-order valence-corrected chi connectivity index (χ1v) is 7.57. The lowest BCUT2D eigenvalue weighted by atomic mass is 10.2. The summed E-state index contributed by atoms with van der Waals surface area (Å²) in [5, 5.41) is 4.03. The fraction of sp³-hybridized carbons (Fsp3) is 0.357. The molecule has 0 radical (unpaired) electrons. The highest BCUT2D eigenvalue weighted by molar-refractivity contribution is 7.09. The second kappa shape index (κ2) is 6.01. The van der Waals surface area contributed by atoms with Crippen molar-refractivity contribution in [2.24, 2.45) is 0 Å². The molecule has 1 aromatic carbocycles. The highest BCUT2D eigenvalue weighted by Gasteiger charge is 2.13. The van der Waals surface area contributed by atoms with Crippen molar-refractivity contribution in [3.63, 3.8) is 0 Å². The molecule has 0 spiro atoms. The van der Waals surface area contributed by atoms with E-state index < -0.39 is 0 Å². The average molecular weight is 295 g/mol. The highest BCUT2D eigenvalue weighted by atomic mass is 35.5. The molecule has 3 rings (SSSR count). The van der Waals surface area contributed by atoms with Gasteiger partial charge in [-0.25, -0.2) is 4.98 Å². The fourth-order valence-electron chi connectivity index (χ4n) is 2.09. The minimum Gasteiger partial charge on any atom is -0.379 e. The van der Waals surface area contributed by atoms with E-state index in [1.165, 1.54) is 0 Å². The highest BCUT2D eigenvalue weighted by Crippen LogP contribution is 2.24. The molecule has 1 aliphatic heterocycles. The molecule has 1 saturated heterocycles. The molecule has 0 atom stereocenters. The van der Waals surface area contributed by atoms with Gasteiger partial charge in [-0.15, -0.1) is 11.3 Å². The monoisotopic (exact) mass is 294 g/mol. The normalized spacial score (nSPS) is 16.7. The number of thiazole rings is 1. The van der Waals surface area contributed by atoms with E-state index in [1.807, 2.05) is 24.3 Å². The molecule has 0 saturated carbocycles. The van der Waals surface area contributed by atoms with Gasteiger partial charge in [0.25, 0.3) is 0 Å². The number of ether oxygens (including phenoxy) is 1. The summed E-state index contributed by atoms with van der Waals surface area (Å²) in [6.45, 7) is 4.57. The molecule has 5 heteroatoms. The van der Waals surface area contributed by atoms with Crippen molar-refractivity contribution in [2.45, 2.75) is 6.54 Å². The number of nitrogens with zero attached hydrogens (tertiary/aromatic N) is 2. The Morgan fingerprint density at radius 1 is 1.21 bits per heavy atom. The van der Waals surface area contributed by atoms with E-state index in [1.54, 1.807) is 11.3 Å². The minimum absolute atomic E-state index is 0.757. The van der Waals surface area contributed by atoms with Crippen LogP contribution in [0.5, 0.6) is 0 Å². The molecule has 0 amide bonds. The van der Waals surface area contributed by atoms with Crippen molar-refractivity contribution < 1.29 is 4.74 Å². The average Bonchev–Trinajstić information content (AvgIpc) is 2.89. The number of halogens is 1. The predicted octanol–water partition coefficient (Wildman–Crippen LogP) is 3.30. The SMILES string of the molecule is Clc1ccc(-c2csc(CN3CCOCC3)n2)cc1. The van der Waals surface area contributed by atoms with Gasteiger partial charge in [-0.05, 0) is 12.1 Å². The molecule has 19 heavy (non-hydrogen) atoms. The first-order valence-electron chi connectivity index (χ1n) is 6.32. The third-order valence-electron chi connectivity index (χ3n) is 3.15. The van der Waals surface area contributed by atoms with Crippen LogP contribution in [0.1, 0.15) is 5.01 Å². The molecule has 2 aromatic rings. The first kappa shape index (κ1) is 13.1. The number of benzene rings is 1. The molecule has 0 N–H and O–H groups in total. The molecule has 0 unspecified atom stereocenters. The van der Waals surface area contributed by atoms with Crippen molar-refractivity contribution in [1.82, 2.24) is 9.88 Å². The fourth-order valence-corrected chi connectivity index (χ4v) is 3.06. The smallest absolute Gasteiger partial charge is 0.107 e. The molecule has 1 aromatic heterocycles. The maximum Gasteiger partial charge on any atom is 0.107 e. The summed E-state index contributed by atoms with van der Waals surface area (Å²) in [4.78, 5) is 7.08. The van der Waals surface area contributed by atoms with Gasteiger partial charge in [-0.1, -0.05) is 23.7 Å². The van der Waals surface area contributed by atoms with Crippen LogP contribution in [-0.2, 0) is 11.3 Å². The van der Waals surface area contributed by atoms with Gasteiger partial charge < -0.3 is 4.74 Å². The van der Waals surface area contributed by atoms with Crippen LogP contribution in [0.2, 0.25) is 5.02 Å². The van der Waals surface area contributed by atoms with E-state index in [0.717, 1.165) is 54.1 Å². The Kier molecular flexibility index (Phi) is 4.13.